The molecule has 1 aromatic carbocycles. The minimum absolute atomic E-state index is 0.0607. The van der Waals surface area contributed by atoms with Gasteiger partial charge in [-0.05, 0) is 29.0 Å². The monoisotopic (exact) mass is 305 g/mol. The van der Waals surface area contributed by atoms with E-state index in [1.807, 2.05) is 17.6 Å². The van der Waals surface area contributed by atoms with Crippen LogP contribution in [0.4, 0.5) is 4.79 Å². The van der Waals surface area contributed by atoms with Crippen LogP contribution in [0.25, 0.3) is 0 Å². The SMILES string of the molecule is CC(C)(C)C1CN(C(=O)O)CCc2cc(C(=N)NO)ccc21. The molecule has 0 saturated carbocycles. The average Bonchev–Trinajstić information content (AvgIpc) is 2.64. The Kier molecular flexibility index (Phi) is 4.42. The van der Waals surface area contributed by atoms with Gasteiger partial charge in [-0.1, -0.05) is 32.9 Å². The largest absolute Gasteiger partial charge is 0.465 e. The van der Waals surface area contributed by atoms with E-state index in [4.69, 9.17) is 10.6 Å². The molecule has 0 aromatic heterocycles. The Hall–Kier alpha value is -2.08. The van der Waals surface area contributed by atoms with E-state index >= 15 is 0 Å². The van der Waals surface area contributed by atoms with E-state index in [2.05, 4.69) is 20.8 Å². The predicted octanol–water partition coefficient (Wildman–Crippen LogP) is 2.66. The summed E-state index contributed by atoms with van der Waals surface area (Å²) in [5.74, 6) is 0.0286. The van der Waals surface area contributed by atoms with Crippen molar-refractivity contribution in [2.75, 3.05) is 13.1 Å². The number of hydrogen-bond donors (Lipinski definition) is 4. The molecule has 1 heterocycles. The summed E-state index contributed by atoms with van der Waals surface area (Å²) >= 11 is 0. The van der Waals surface area contributed by atoms with Crippen molar-refractivity contribution in [3.8, 4) is 0 Å². The van der Waals surface area contributed by atoms with Crippen molar-refractivity contribution < 1.29 is 15.1 Å². The molecular formula is C16H23N3O3. The lowest BCUT2D eigenvalue weighted by molar-refractivity contribution is 0.135. The fourth-order valence-corrected chi connectivity index (χ4v) is 2.96. The fourth-order valence-electron chi connectivity index (χ4n) is 2.96. The van der Waals surface area contributed by atoms with Crippen molar-refractivity contribution in [3.05, 3.63) is 34.9 Å². The Labute approximate surface area is 130 Å². The molecule has 2 rings (SSSR count). The summed E-state index contributed by atoms with van der Waals surface area (Å²) in [7, 11) is 0. The van der Waals surface area contributed by atoms with E-state index in [0.29, 0.717) is 25.1 Å². The molecule has 120 valence electrons. The van der Waals surface area contributed by atoms with Crippen molar-refractivity contribution in [1.29, 1.82) is 5.41 Å². The maximum atomic E-state index is 11.4. The van der Waals surface area contributed by atoms with Crippen LogP contribution < -0.4 is 5.48 Å². The van der Waals surface area contributed by atoms with Crippen molar-refractivity contribution in [2.45, 2.75) is 33.1 Å². The summed E-state index contributed by atoms with van der Waals surface area (Å²) < 4.78 is 0. The lowest BCUT2D eigenvalue weighted by atomic mass is 9.75. The number of hydrogen-bond acceptors (Lipinski definition) is 3. The highest BCUT2D eigenvalue weighted by Crippen LogP contribution is 2.39. The Morgan fingerprint density at radius 2 is 2.09 bits per heavy atom. The number of nitrogens with one attached hydrogen (secondary N) is 2. The molecule has 1 amide bonds. The molecule has 22 heavy (non-hydrogen) atoms. The van der Waals surface area contributed by atoms with Gasteiger partial charge in [0, 0.05) is 24.6 Å². The molecule has 0 radical (unpaired) electrons. The van der Waals surface area contributed by atoms with Gasteiger partial charge in [0.2, 0.25) is 0 Å². The summed E-state index contributed by atoms with van der Waals surface area (Å²) in [5, 5.41) is 25.9. The second-order valence-electron chi connectivity index (χ2n) is 6.80. The number of nitrogens with zero attached hydrogens (tertiary/aromatic N) is 1. The maximum absolute atomic E-state index is 11.4. The van der Waals surface area contributed by atoms with Gasteiger partial charge >= 0.3 is 6.09 Å². The zero-order valence-corrected chi connectivity index (χ0v) is 13.2. The van der Waals surface area contributed by atoms with Gasteiger partial charge in [0.15, 0.2) is 0 Å². The third-order valence-corrected chi connectivity index (χ3v) is 4.29. The minimum atomic E-state index is -0.896. The third kappa shape index (κ3) is 3.22. The van der Waals surface area contributed by atoms with Crippen LogP contribution in [0.1, 0.15) is 43.4 Å². The number of rotatable bonds is 1. The van der Waals surface area contributed by atoms with E-state index in [-0.39, 0.29) is 17.2 Å². The zero-order valence-electron chi connectivity index (χ0n) is 13.2. The molecule has 4 N–H and O–H groups in total. The lowest BCUT2D eigenvalue weighted by Crippen LogP contribution is -2.36. The fraction of sp³-hybridized carbons (Fsp3) is 0.500. The van der Waals surface area contributed by atoms with Crippen LogP contribution in [0.3, 0.4) is 0 Å². The van der Waals surface area contributed by atoms with Gasteiger partial charge < -0.3 is 10.0 Å². The van der Waals surface area contributed by atoms with Gasteiger partial charge in [-0.25, -0.2) is 4.79 Å². The van der Waals surface area contributed by atoms with Crippen LogP contribution >= 0.6 is 0 Å². The molecule has 1 aliphatic rings. The normalized spacial score (nSPS) is 18.4. The molecule has 0 aliphatic carbocycles. The smallest absolute Gasteiger partial charge is 0.407 e. The molecule has 1 atom stereocenters. The number of hydroxylamine groups is 1. The highest BCUT2D eigenvalue weighted by molar-refractivity contribution is 5.95. The summed E-state index contributed by atoms with van der Waals surface area (Å²) in [4.78, 5) is 12.9. The molecular weight excluding hydrogens is 282 g/mol. The Balaban J connectivity index is 2.47. The van der Waals surface area contributed by atoms with Gasteiger partial charge in [-0.15, -0.1) is 0 Å². The van der Waals surface area contributed by atoms with Gasteiger partial charge in [-0.3, -0.25) is 16.1 Å². The Bertz CT molecular complexity index is 593. The second-order valence-corrected chi connectivity index (χ2v) is 6.80. The second kappa shape index (κ2) is 5.96. The summed E-state index contributed by atoms with van der Waals surface area (Å²) in [6, 6.07) is 5.61. The highest BCUT2D eigenvalue weighted by atomic mass is 16.5. The topological polar surface area (TPSA) is 96.7 Å². The molecule has 0 fully saturated rings. The molecule has 1 aromatic rings. The van der Waals surface area contributed by atoms with E-state index < -0.39 is 6.09 Å². The quantitative estimate of drug-likeness (QED) is 0.364. The zero-order chi connectivity index (χ0) is 16.5. The first-order valence-corrected chi connectivity index (χ1v) is 7.33. The number of carboxylic acid groups (broad SMARTS) is 1. The van der Waals surface area contributed by atoms with Crippen LogP contribution in [0, 0.1) is 10.8 Å². The summed E-state index contributed by atoms with van der Waals surface area (Å²) in [5.41, 5.74) is 4.55. The molecule has 0 spiro atoms. The molecule has 6 nitrogen and oxygen atoms in total. The molecule has 6 heteroatoms. The van der Waals surface area contributed by atoms with E-state index in [1.165, 1.54) is 4.90 Å². The van der Waals surface area contributed by atoms with Gasteiger partial charge in [0.05, 0.1) is 0 Å². The first-order chi connectivity index (χ1) is 10.2. The van der Waals surface area contributed by atoms with Crippen molar-refractivity contribution in [3.63, 3.8) is 0 Å². The Morgan fingerprint density at radius 1 is 1.41 bits per heavy atom. The highest BCUT2D eigenvalue weighted by Gasteiger charge is 2.33. The molecule has 0 saturated heterocycles. The van der Waals surface area contributed by atoms with Crippen LogP contribution in [0.15, 0.2) is 18.2 Å². The first-order valence-electron chi connectivity index (χ1n) is 7.33. The number of fused-ring (bicyclic) bond motifs is 1. The van der Waals surface area contributed by atoms with Crippen LogP contribution in [-0.4, -0.2) is 40.2 Å². The van der Waals surface area contributed by atoms with Gasteiger partial charge in [-0.2, -0.15) is 0 Å². The maximum Gasteiger partial charge on any atom is 0.407 e. The lowest BCUT2D eigenvalue weighted by Gasteiger charge is -2.33. The minimum Gasteiger partial charge on any atom is -0.465 e. The van der Waals surface area contributed by atoms with Crippen LogP contribution in [0.2, 0.25) is 0 Å². The predicted molar refractivity (Wildman–Crippen MR) is 83.7 cm³/mol. The van der Waals surface area contributed by atoms with Crippen molar-refractivity contribution in [2.24, 2.45) is 5.41 Å². The molecule has 0 bridgehead atoms. The first kappa shape index (κ1) is 16.3. The number of amides is 1. The number of benzene rings is 1. The van der Waals surface area contributed by atoms with Crippen LogP contribution in [0.5, 0.6) is 0 Å². The van der Waals surface area contributed by atoms with Crippen molar-refractivity contribution >= 4 is 11.9 Å². The number of carbonyl (C=O) groups is 1. The van der Waals surface area contributed by atoms with Crippen LogP contribution in [-0.2, 0) is 6.42 Å². The summed E-state index contributed by atoms with van der Waals surface area (Å²) in [6.45, 7) is 7.24. The molecule has 1 unspecified atom stereocenters. The number of amidine groups is 1. The third-order valence-electron chi connectivity index (χ3n) is 4.29. The standard InChI is InChI=1S/C16H23N3O3/c1-16(2,3)13-9-19(15(20)21)7-6-10-8-11(14(17)18-22)4-5-12(10)13/h4-5,8,13,22H,6-7,9H2,1-3H3,(H2,17,18)(H,20,21). The van der Waals surface area contributed by atoms with Crippen molar-refractivity contribution in [1.82, 2.24) is 10.4 Å². The van der Waals surface area contributed by atoms with E-state index in [0.717, 1.165) is 11.1 Å². The van der Waals surface area contributed by atoms with Gasteiger partial charge in [0.1, 0.15) is 5.84 Å². The summed E-state index contributed by atoms with van der Waals surface area (Å²) in [6.07, 6.45) is -0.284. The average molecular weight is 305 g/mol. The van der Waals surface area contributed by atoms with E-state index in [1.54, 1.807) is 6.07 Å². The van der Waals surface area contributed by atoms with E-state index in [9.17, 15) is 9.90 Å². The Morgan fingerprint density at radius 3 is 2.64 bits per heavy atom. The van der Waals surface area contributed by atoms with Gasteiger partial charge in [0.25, 0.3) is 0 Å². The molecule has 1 aliphatic heterocycles.